The average Bonchev–Trinajstić information content (AvgIpc) is 2.76. The van der Waals surface area contributed by atoms with E-state index in [9.17, 15) is 5.26 Å². The van der Waals surface area contributed by atoms with Crippen LogP contribution < -0.4 is 0 Å². The Hall–Kier alpha value is -1.75. The summed E-state index contributed by atoms with van der Waals surface area (Å²) in [6.07, 6.45) is 8.23. The molecule has 1 N–H and O–H groups in total. The third kappa shape index (κ3) is 1.48. The number of hydrogen-bond donors (Lipinski definition) is 1. The van der Waals surface area contributed by atoms with Gasteiger partial charge in [-0.05, 0) is 68.2 Å². The number of nitriles is 1. The van der Waals surface area contributed by atoms with Gasteiger partial charge in [-0.1, -0.05) is 6.07 Å². The van der Waals surface area contributed by atoms with Gasteiger partial charge in [-0.15, -0.1) is 0 Å². The molecule has 1 aromatic heterocycles. The van der Waals surface area contributed by atoms with Crippen LogP contribution in [0.1, 0.15) is 48.9 Å². The van der Waals surface area contributed by atoms with E-state index in [2.05, 4.69) is 29.3 Å². The van der Waals surface area contributed by atoms with E-state index in [4.69, 9.17) is 0 Å². The molecular formula is C17H18N2. The molecule has 0 atom stereocenters. The van der Waals surface area contributed by atoms with Gasteiger partial charge in [0.25, 0.3) is 0 Å². The molecule has 2 heteroatoms. The maximum Gasteiger partial charge on any atom is 0.0822 e. The summed E-state index contributed by atoms with van der Waals surface area (Å²) in [7, 11) is 0. The van der Waals surface area contributed by atoms with Crippen LogP contribution in [0.2, 0.25) is 0 Å². The van der Waals surface area contributed by atoms with Crippen LogP contribution in [-0.2, 0) is 18.3 Å². The Morgan fingerprint density at radius 3 is 2.68 bits per heavy atom. The molecule has 1 aromatic carbocycles. The van der Waals surface area contributed by atoms with E-state index in [1.165, 1.54) is 59.8 Å². The van der Waals surface area contributed by atoms with Crippen LogP contribution in [0, 0.1) is 11.3 Å². The van der Waals surface area contributed by atoms with Crippen molar-refractivity contribution in [3.63, 3.8) is 0 Å². The van der Waals surface area contributed by atoms with E-state index in [1.54, 1.807) is 0 Å². The van der Waals surface area contributed by atoms with Crippen LogP contribution in [-0.4, -0.2) is 4.98 Å². The largest absolute Gasteiger partial charge is 0.358 e. The molecule has 2 aromatic rings. The minimum absolute atomic E-state index is 0.187. The highest BCUT2D eigenvalue weighted by atomic mass is 14.7. The van der Waals surface area contributed by atoms with Crippen molar-refractivity contribution in [1.82, 2.24) is 4.98 Å². The number of aromatic amines is 1. The van der Waals surface area contributed by atoms with Crippen LogP contribution >= 0.6 is 0 Å². The average molecular weight is 250 g/mol. The first-order valence-corrected chi connectivity index (χ1v) is 7.38. The zero-order valence-corrected chi connectivity index (χ0v) is 11.1. The van der Waals surface area contributed by atoms with Gasteiger partial charge in [0.2, 0.25) is 0 Å². The summed E-state index contributed by atoms with van der Waals surface area (Å²) < 4.78 is 0. The van der Waals surface area contributed by atoms with Gasteiger partial charge < -0.3 is 4.98 Å². The van der Waals surface area contributed by atoms with E-state index in [-0.39, 0.29) is 5.41 Å². The van der Waals surface area contributed by atoms with Gasteiger partial charge in [-0.25, -0.2) is 0 Å². The number of aryl methyl sites for hydroxylation is 2. The van der Waals surface area contributed by atoms with Gasteiger partial charge in [0.15, 0.2) is 0 Å². The van der Waals surface area contributed by atoms with Gasteiger partial charge in [-0.3, -0.25) is 0 Å². The molecule has 4 rings (SSSR count). The fourth-order valence-electron chi connectivity index (χ4n) is 3.70. The minimum atomic E-state index is -0.187. The summed E-state index contributed by atoms with van der Waals surface area (Å²) in [6.45, 7) is 0. The van der Waals surface area contributed by atoms with E-state index in [1.807, 2.05) is 0 Å². The molecule has 0 aliphatic heterocycles. The second-order valence-electron chi connectivity index (χ2n) is 6.10. The van der Waals surface area contributed by atoms with Crippen LogP contribution in [0.15, 0.2) is 18.2 Å². The lowest BCUT2D eigenvalue weighted by molar-refractivity contribution is 0.324. The van der Waals surface area contributed by atoms with Crippen molar-refractivity contribution in [2.24, 2.45) is 0 Å². The number of H-pyrrole nitrogens is 1. The number of nitrogens with one attached hydrogen (secondary N) is 1. The fourth-order valence-corrected chi connectivity index (χ4v) is 3.70. The number of nitrogens with zero attached hydrogens (tertiary/aromatic N) is 1. The lowest BCUT2D eigenvalue weighted by atomic mass is 9.65. The molecule has 0 amide bonds. The third-order valence-corrected chi connectivity index (χ3v) is 5.07. The monoisotopic (exact) mass is 250 g/mol. The van der Waals surface area contributed by atoms with Crippen molar-refractivity contribution in [1.29, 1.82) is 5.26 Å². The molecule has 2 aliphatic carbocycles. The number of rotatable bonds is 1. The molecule has 19 heavy (non-hydrogen) atoms. The fraction of sp³-hybridized carbons (Fsp3) is 0.471. The highest BCUT2D eigenvalue weighted by Gasteiger charge is 2.39. The molecule has 0 unspecified atom stereocenters. The van der Waals surface area contributed by atoms with Crippen molar-refractivity contribution in [3.8, 4) is 6.07 Å². The van der Waals surface area contributed by atoms with Crippen molar-refractivity contribution in [2.45, 2.75) is 50.4 Å². The minimum Gasteiger partial charge on any atom is -0.358 e. The molecule has 0 radical (unpaired) electrons. The summed E-state index contributed by atoms with van der Waals surface area (Å²) in [4.78, 5) is 3.57. The first-order valence-electron chi connectivity index (χ1n) is 7.38. The van der Waals surface area contributed by atoms with Gasteiger partial charge in [0.1, 0.15) is 0 Å². The molecular weight excluding hydrogens is 232 g/mol. The van der Waals surface area contributed by atoms with Crippen molar-refractivity contribution in [3.05, 3.63) is 35.0 Å². The Bertz CT molecular complexity index is 683. The van der Waals surface area contributed by atoms with Crippen LogP contribution in [0.4, 0.5) is 0 Å². The smallest absolute Gasteiger partial charge is 0.0822 e. The predicted molar refractivity (Wildman–Crippen MR) is 76.1 cm³/mol. The predicted octanol–water partition coefficient (Wildman–Crippen LogP) is 3.99. The van der Waals surface area contributed by atoms with Gasteiger partial charge in [0.05, 0.1) is 11.5 Å². The second-order valence-corrected chi connectivity index (χ2v) is 6.10. The number of benzene rings is 1. The van der Waals surface area contributed by atoms with Gasteiger partial charge >= 0.3 is 0 Å². The van der Waals surface area contributed by atoms with Crippen LogP contribution in [0.5, 0.6) is 0 Å². The SMILES string of the molecule is N#CC1(c2ccc3[nH]c4c(c3c2)CCCC4)CCC1. The summed E-state index contributed by atoms with van der Waals surface area (Å²) in [5.41, 5.74) is 5.24. The summed E-state index contributed by atoms with van der Waals surface area (Å²) >= 11 is 0. The first kappa shape index (κ1) is 11.1. The zero-order chi connectivity index (χ0) is 12.9. The zero-order valence-electron chi connectivity index (χ0n) is 11.1. The Morgan fingerprint density at radius 2 is 1.95 bits per heavy atom. The maximum absolute atomic E-state index is 9.49. The standard InChI is InChI=1S/C17H18N2/c18-11-17(8-3-9-17)12-6-7-16-14(10-12)13-4-1-2-5-15(13)19-16/h6-7,10,19H,1-5,8-9H2. The van der Waals surface area contributed by atoms with Crippen molar-refractivity contribution < 1.29 is 0 Å². The molecule has 1 heterocycles. The van der Waals surface area contributed by atoms with E-state index in [0.717, 1.165) is 12.8 Å². The number of hydrogen-bond acceptors (Lipinski definition) is 1. The lowest BCUT2D eigenvalue weighted by Crippen LogP contribution is -2.32. The Labute approximate surface area is 113 Å². The number of aromatic nitrogens is 1. The maximum atomic E-state index is 9.49. The second kappa shape index (κ2) is 3.87. The summed E-state index contributed by atoms with van der Waals surface area (Å²) in [6, 6.07) is 9.19. The van der Waals surface area contributed by atoms with Crippen LogP contribution in [0.3, 0.4) is 0 Å². The van der Waals surface area contributed by atoms with Gasteiger partial charge in [0, 0.05) is 16.6 Å². The molecule has 96 valence electrons. The van der Waals surface area contributed by atoms with E-state index < -0.39 is 0 Å². The normalized spacial score (nSPS) is 20.6. The number of fused-ring (bicyclic) bond motifs is 3. The van der Waals surface area contributed by atoms with E-state index in [0.29, 0.717) is 0 Å². The van der Waals surface area contributed by atoms with Gasteiger partial charge in [-0.2, -0.15) is 5.26 Å². The summed E-state index contributed by atoms with van der Waals surface area (Å²) in [5, 5.41) is 10.9. The van der Waals surface area contributed by atoms with Crippen LogP contribution in [0.25, 0.3) is 10.9 Å². The Balaban J connectivity index is 1.89. The summed E-state index contributed by atoms with van der Waals surface area (Å²) in [5.74, 6) is 0. The topological polar surface area (TPSA) is 39.6 Å². The molecule has 0 saturated heterocycles. The third-order valence-electron chi connectivity index (χ3n) is 5.07. The highest BCUT2D eigenvalue weighted by Crippen LogP contribution is 2.44. The molecule has 1 saturated carbocycles. The first-order chi connectivity index (χ1) is 9.32. The van der Waals surface area contributed by atoms with Crippen molar-refractivity contribution >= 4 is 10.9 Å². The van der Waals surface area contributed by atoms with Crippen molar-refractivity contribution in [2.75, 3.05) is 0 Å². The molecule has 1 fully saturated rings. The Morgan fingerprint density at radius 1 is 1.11 bits per heavy atom. The molecule has 0 spiro atoms. The quantitative estimate of drug-likeness (QED) is 0.816. The lowest BCUT2D eigenvalue weighted by Gasteiger charge is -2.35. The van der Waals surface area contributed by atoms with E-state index >= 15 is 0 Å². The molecule has 2 aliphatic rings. The molecule has 0 bridgehead atoms. The Kier molecular flexibility index (Phi) is 2.26. The highest BCUT2D eigenvalue weighted by molar-refractivity contribution is 5.86. The molecule has 2 nitrogen and oxygen atoms in total.